The molecule has 5 atom stereocenters. The highest BCUT2D eigenvalue weighted by molar-refractivity contribution is 6.08. The Bertz CT molecular complexity index is 3160. The highest BCUT2D eigenvalue weighted by atomic mass is 19.1. The van der Waals surface area contributed by atoms with Gasteiger partial charge in [0.1, 0.15) is 41.2 Å². The molecule has 2 aromatic heterocycles. The first-order valence-corrected chi connectivity index (χ1v) is 26.5. The number of phenolic OH excluding ortho intramolecular Hbond substituents is 1. The van der Waals surface area contributed by atoms with Gasteiger partial charge in [0.25, 0.3) is 5.91 Å². The molecule has 5 saturated heterocycles. The summed E-state index contributed by atoms with van der Waals surface area (Å²) in [6.45, 7) is 13.2. The van der Waals surface area contributed by atoms with Crippen molar-refractivity contribution in [3.05, 3.63) is 89.1 Å². The molecular weight excluding hydrogens is 989 g/mol. The van der Waals surface area contributed by atoms with Crippen molar-refractivity contribution >= 4 is 57.3 Å². The molecule has 5 aromatic rings. The van der Waals surface area contributed by atoms with Gasteiger partial charge in [-0.2, -0.15) is 9.97 Å². The molecule has 10 rings (SSSR count). The molecule has 0 saturated carbocycles. The Labute approximate surface area is 445 Å². The lowest BCUT2D eigenvalue weighted by Crippen LogP contribution is -2.53. The quantitative estimate of drug-likeness (QED) is 0.0215. The fourth-order valence-corrected chi connectivity index (χ4v) is 12.1. The number of imide groups is 2. The fraction of sp³-hybridized carbons (Fsp3) is 0.456. The SMILES string of the molecule is C#Cc1c(F)ccc2cc(O)cc(-c3ncc4c(N5CC6CCC(C5)N6)nc(OCC56CCC(COCCN(CCCNc7cccc(C(=O)N(C=O)C8CCC(=O)NC8=O)c7C)CCNC)N5CC(=C)C6)nc4c3F)c12. The second-order valence-corrected chi connectivity index (χ2v) is 21.0. The number of aromatic hydroxyl groups is 1. The Balaban J connectivity index is 0.786. The van der Waals surface area contributed by atoms with E-state index in [0.29, 0.717) is 80.1 Å². The van der Waals surface area contributed by atoms with E-state index >= 15 is 8.78 Å². The molecule has 5 fully saturated rings. The van der Waals surface area contributed by atoms with Crippen molar-refractivity contribution < 1.29 is 42.5 Å². The van der Waals surface area contributed by atoms with Gasteiger partial charge in [0.15, 0.2) is 5.82 Å². The molecule has 2 bridgehead atoms. The van der Waals surface area contributed by atoms with Gasteiger partial charge < -0.3 is 35.4 Å². The smallest absolute Gasteiger partial charge is 0.319 e. The summed E-state index contributed by atoms with van der Waals surface area (Å²) in [5, 5.41) is 24.4. The standard InChI is InChI=1S/C57H65F2N11O7/c1-5-41-45(58)13-10-36-24-40(72)25-43(49(36)41)51-50(59)52-44(27-62-51)53(68-29-37-11-12-38(30-68)63-37)66-56(65-52)77-32-57-17-16-39(70(57)28-34(2)26-57)31-76-23-22-67(21-19-60-4)20-7-18-61-46-9-6-8-42(35(46)3)55(75)69(33-71)47-14-15-48(73)64-54(47)74/h1,6,8-10,13,24-25,27,33,37-39,47,60-61,63,72H,2,7,11-12,14-23,26,28-32H2,3-4H3,(H,64,73,74). The summed E-state index contributed by atoms with van der Waals surface area (Å²) >= 11 is 0. The van der Waals surface area contributed by atoms with Crippen LogP contribution in [0, 0.1) is 30.9 Å². The molecule has 20 heteroatoms. The number of fused-ring (bicyclic) bond motifs is 5. The molecule has 5 aliphatic heterocycles. The van der Waals surface area contributed by atoms with Gasteiger partial charge in [-0.3, -0.25) is 44.2 Å². The van der Waals surface area contributed by atoms with Crippen LogP contribution in [0.4, 0.5) is 20.3 Å². The molecule has 404 valence electrons. The molecule has 0 aliphatic carbocycles. The lowest BCUT2D eigenvalue weighted by atomic mass is 9.94. The summed E-state index contributed by atoms with van der Waals surface area (Å²) in [6, 6.07) is 10.3. The van der Waals surface area contributed by atoms with Gasteiger partial charge in [-0.05, 0) is 107 Å². The number of benzene rings is 3. The largest absolute Gasteiger partial charge is 0.508 e. The van der Waals surface area contributed by atoms with Gasteiger partial charge in [0.05, 0.1) is 29.7 Å². The van der Waals surface area contributed by atoms with Gasteiger partial charge in [0, 0.05) is 98.8 Å². The van der Waals surface area contributed by atoms with E-state index in [1.54, 1.807) is 19.1 Å². The number of aromatic nitrogens is 3. The zero-order valence-electron chi connectivity index (χ0n) is 43.5. The van der Waals surface area contributed by atoms with Crippen molar-refractivity contribution in [3.8, 4) is 35.4 Å². The summed E-state index contributed by atoms with van der Waals surface area (Å²) in [7, 11) is 1.92. The maximum Gasteiger partial charge on any atom is 0.319 e. The first-order chi connectivity index (χ1) is 37.3. The topological polar surface area (TPSA) is 207 Å². The number of rotatable bonds is 21. The maximum absolute atomic E-state index is 17.3. The first kappa shape index (κ1) is 53.3. The molecular formula is C57H65F2N11O7. The number of carbonyl (C=O) groups is 4. The lowest BCUT2D eigenvalue weighted by molar-refractivity contribution is -0.139. The Kier molecular flexibility index (Phi) is 15.8. The molecule has 5 N–H and O–H groups in total. The summed E-state index contributed by atoms with van der Waals surface area (Å²) in [6.07, 6.45) is 13.1. The van der Waals surface area contributed by atoms with Crippen molar-refractivity contribution in [2.75, 3.05) is 89.4 Å². The monoisotopic (exact) mass is 1050 g/mol. The van der Waals surface area contributed by atoms with Gasteiger partial charge in [0.2, 0.25) is 18.2 Å². The highest BCUT2D eigenvalue weighted by Crippen LogP contribution is 2.45. The van der Waals surface area contributed by atoms with Crippen molar-refractivity contribution in [2.45, 2.75) is 88.0 Å². The third-order valence-electron chi connectivity index (χ3n) is 16.0. The number of likely N-dealkylation sites (N-methyl/N-ethyl adjacent to an activating group) is 1. The lowest BCUT2D eigenvalue weighted by Gasteiger charge is -2.35. The number of piperazine rings is 1. The predicted octanol–water partition coefficient (Wildman–Crippen LogP) is 5.05. The Morgan fingerprint density at radius 1 is 1.08 bits per heavy atom. The van der Waals surface area contributed by atoms with E-state index in [1.165, 1.54) is 30.5 Å². The average Bonchev–Trinajstić information content (AvgIpc) is 4.06. The first-order valence-electron chi connectivity index (χ1n) is 26.5. The van der Waals surface area contributed by atoms with Crippen LogP contribution in [0.3, 0.4) is 0 Å². The maximum atomic E-state index is 17.3. The molecule has 5 unspecified atom stereocenters. The van der Waals surface area contributed by atoms with Crippen LogP contribution in [0.5, 0.6) is 11.8 Å². The summed E-state index contributed by atoms with van der Waals surface area (Å²) in [4.78, 5) is 71.8. The predicted molar refractivity (Wildman–Crippen MR) is 288 cm³/mol. The minimum absolute atomic E-state index is 0.00876. The van der Waals surface area contributed by atoms with E-state index in [-0.39, 0.29) is 77.1 Å². The number of pyridine rings is 1. The van der Waals surface area contributed by atoms with Crippen LogP contribution in [-0.2, 0) is 19.1 Å². The number of ether oxygens (including phenoxy) is 2. The molecule has 77 heavy (non-hydrogen) atoms. The molecule has 3 aromatic carbocycles. The minimum Gasteiger partial charge on any atom is -0.508 e. The number of anilines is 2. The van der Waals surface area contributed by atoms with Crippen LogP contribution in [0.15, 0.2) is 60.8 Å². The van der Waals surface area contributed by atoms with Crippen molar-refractivity contribution in [2.24, 2.45) is 0 Å². The number of amides is 4. The number of phenols is 1. The minimum atomic E-state index is -1.05. The van der Waals surface area contributed by atoms with Crippen LogP contribution < -0.4 is 30.9 Å². The van der Waals surface area contributed by atoms with Gasteiger partial charge in [-0.1, -0.05) is 30.2 Å². The third-order valence-corrected chi connectivity index (χ3v) is 16.0. The van der Waals surface area contributed by atoms with Crippen molar-refractivity contribution in [1.82, 2.24) is 45.6 Å². The van der Waals surface area contributed by atoms with Crippen LogP contribution in [0.25, 0.3) is 32.9 Å². The van der Waals surface area contributed by atoms with Crippen LogP contribution in [0.1, 0.15) is 72.9 Å². The molecule has 18 nitrogen and oxygen atoms in total. The number of hydrogen-bond acceptors (Lipinski definition) is 16. The van der Waals surface area contributed by atoms with E-state index in [1.807, 2.05) is 13.1 Å². The second-order valence-electron chi connectivity index (χ2n) is 21.0. The van der Waals surface area contributed by atoms with E-state index in [9.17, 15) is 24.3 Å². The van der Waals surface area contributed by atoms with E-state index < -0.39 is 40.9 Å². The summed E-state index contributed by atoms with van der Waals surface area (Å²) in [5.41, 5.74) is 2.31. The van der Waals surface area contributed by atoms with Crippen LogP contribution in [0.2, 0.25) is 0 Å². The highest BCUT2D eigenvalue weighted by Gasteiger charge is 2.51. The number of piperidine rings is 1. The van der Waals surface area contributed by atoms with Gasteiger partial charge in [-0.15, -0.1) is 6.42 Å². The molecule has 0 spiro atoms. The normalized spacial score (nSPS) is 22.2. The van der Waals surface area contributed by atoms with Crippen LogP contribution in [-0.4, -0.2) is 168 Å². The number of halogens is 2. The number of terminal acetylenes is 1. The molecule has 4 amide bonds. The summed E-state index contributed by atoms with van der Waals surface area (Å²) < 4.78 is 45.5. The number of nitrogens with one attached hydrogen (secondary N) is 4. The number of nitrogens with zero attached hydrogens (tertiary/aromatic N) is 7. The third kappa shape index (κ3) is 10.9. The zero-order valence-corrected chi connectivity index (χ0v) is 43.5. The second kappa shape index (κ2) is 22.8. The zero-order chi connectivity index (χ0) is 54.0. The molecule has 7 heterocycles. The Morgan fingerprint density at radius 2 is 1.90 bits per heavy atom. The fourth-order valence-electron chi connectivity index (χ4n) is 12.1. The van der Waals surface area contributed by atoms with Gasteiger partial charge >= 0.3 is 6.01 Å². The van der Waals surface area contributed by atoms with E-state index in [4.69, 9.17) is 25.9 Å². The summed E-state index contributed by atoms with van der Waals surface area (Å²) in [5.74, 6) is -0.342. The van der Waals surface area contributed by atoms with E-state index in [2.05, 4.69) is 53.5 Å². The Hall–Kier alpha value is -7.15. The van der Waals surface area contributed by atoms with Crippen molar-refractivity contribution in [1.29, 1.82) is 0 Å². The molecule has 0 radical (unpaired) electrons. The average molecular weight is 1050 g/mol. The molecule has 5 aliphatic rings. The number of carbonyl (C=O) groups excluding carboxylic acids is 4. The Morgan fingerprint density at radius 3 is 2.66 bits per heavy atom. The van der Waals surface area contributed by atoms with Crippen LogP contribution >= 0.6 is 0 Å². The number of hydrogen-bond donors (Lipinski definition) is 5. The van der Waals surface area contributed by atoms with E-state index in [0.717, 1.165) is 74.3 Å². The van der Waals surface area contributed by atoms with Crippen molar-refractivity contribution in [3.63, 3.8) is 0 Å². The van der Waals surface area contributed by atoms with Gasteiger partial charge in [-0.25, -0.2) is 8.78 Å².